The molecule has 0 aliphatic carbocycles. The van der Waals surface area contributed by atoms with E-state index in [0.717, 1.165) is 29.2 Å². The molecule has 2 aromatic heterocycles. The number of aromatic nitrogens is 3. The summed E-state index contributed by atoms with van der Waals surface area (Å²) in [5.41, 5.74) is 2.92. The number of hydrogen-bond donors (Lipinski definition) is 1. The second-order valence-corrected chi connectivity index (χ2v) is 6.97. The van der Waals surface area contributed by atoms with Gasteiger partial charge in [-0.3, -0.25) is 9.88 Å². The molecule has 0 saturated carbocycles. The van der Waals surface area contributed by atoms with Gasteiger partial charge in [0.2, 0.25) is 0 Å². The molecule has 29 heavy (non-hydrogen) atoms. The van der Waals surface area contributed by atoms with Gasteiger partial charge < -0.3 is 14.6 Å². The van der Waals surface area contributed by atoms with Gasteiger partial charge in [0.05, 0.1) is 6.67 Å². The van der Waals surface area contributed by atoms with Crippen LogP contribution in [0.2, 0.25) is 0 Å². The lowest BCUT2D eigenvalue weighted by Gasteiger charge is -2.22. The van der Waals surface area contributed by atoms with Crippen LogP contribution in [0.1, 0.15) is 12.5 Å². The number of halogens is 3. The number of alkyl halides is 3. The number of nitrogens with zero attached hydrogens (tertiary/aromatic N) is 4. The van der Waals surface area contributed by atoms with E-state index in [4.69, 9.17) is 0 Å². The maximum Gasteiger partial charge on any atom is 0.573 e. The highest BCUT2D eigenvalue weighted by Crippen LogP contribution is 2.29. The van der Waals surface area contributed by atoms with Gasteiger partial charge in [-0.2, -0.15) is 0 Å². The third-order valence-electron chi connectivity index (χ3n) is 4.93. The quantitative estimate of drug-likeness (QED) is 0.697. The van der Waals surface area contributed by atoms with Crippen LogP contribution in [0.15, 0.2) is 55.1 Å². The predicted octanol–water partition coefficient (Wildman–Crippen LogP) is 4.04. The molecule has 1 atom stereocenters. The minimum atomic E-state index is -4.68. The van der Waals surface area contributed by atoms with Crippen LogP contribution >= 0.6 is 0 Å². The third-order valence-corrected chi connectivity index (χ3v) is 4.93. The minimum absolute atomic E-state index is 0.217. The van der Waals surface area contributed by atoms with E-state index in [1.807, 2.05) is 6.07 Å². The molecule has 1 aliphatic rings. The van der Waals surface area contributed by atoms with Crippen molar-refractivity contribution in [2.45, 2.75) is 25.9 Å². The van der Waals surface area contributed by atoms with Crippen molar-refractivity contribution >= 4 is 5.69 Å². The molecular formula is C20H20F3N5O. The van der Waals surface area contributed by atoms with Crippen molar-refractivity contribution in [2.75, 3.05) is 18.1 Å². The van der Waals surface area contributed by atoms with Gasteiger partial charge in [-0.1, -0.05) is 0 Å². The van der Waals surface area contributed by atoms with Crippen molar-refractivity contribution in [2.24, 2.45) is 0 Å². The number of rotatable bonds is 5. The summed E-state index contributed by atoms with van der Waals surface area (Å²) in [5.74, 6) is 0.558. The molecule has 1 aliphatic heterocycles. The number of imidazole rings is 1. The van der Waals surface area contributed by atoms with Crippen molar-refractivity contribution in [3.8, 4) is 17.1 Å². The summed E-state index contributed by atoms with van der Waals surface area (Å²) in [4.78, 5) is 16.1. The molecule has 1 N–H and O–H groups in total. The Morgan fingerprint density at radius 2 is 1.97 bits per heavy atom. The summed E-state index contributed by atoms with van der Waals surface area (Å²) >= 11 is 0. The van der Waals surface area contributed by atoms with Gasteiger partial charge in [-0.15, -0.1) is 13.2 Å². The molecule has 3 aromatic rings. The zero-order valence-corrected chi connectivity index (χ0v) is 15.7. The van der Waals surface area contributed by atoms with E-state index < -0.39 is 6.36 Å². The van der Waals surface area contributed by atoms with Crippen LogP contribution in [0.3, 0.4) is 0 Å². The second kappa shape index (κ2) is 7.75. The molecule has 1 unspecified atom stereocenters. The molecule has 0 bridgehead atoms. The molecule has 9 heteroatoms. The van der Waals surface area contributed by atoms with Gasteiger partial charge in [0, 0.05) is 55.2 Å². The minimum Gasteiger partial charge on any atom is -0.406 e. The molecule has 1 saturated heterocycles. The Bertz CT molecular complexity index is 944. The molecule has 6 nitrogen and oxygen atoms in total. The third kappa shape index (κ3) is 4.51. The van der Waals surface area contributed by atoms with Crippen LogP contribution in [0.4, 0.5) is 18.9 Å². The van der Waals surface area contributed by atoms with Crippen LogP contribution in [-0.2, 0) is 6.54 Å². The van der Waals surface area contributed by atoms with Crippen molar-refractivity contribution in [1.29, 1.82) is 0 Å². The van der Waals surface area contributed by atoms with E-state index in [1.165, 1.54) is 12.1 Å². The number of hydrogen-bond acceptors (Lipinski definition) is 5. The Morgan fingerprint density at radius 3 is 2.66 bits per heavy atom. The van der Waals surface area contributed by atoms with Crippen LogP contribution in [0, 0.1) is 0 Å². The van der Waals surface area contributed by atoms with Gasteiger partial charge >= 0.3 is 6.36 Å². The molecule has 0 radical (unpaired) electrons. The number of benzene rings is 1. The van der Waals surface area contributed by atoms with Gasteiger partial charge in [-0.25, -0.2) is 4.98 Å². The van der Waals surface area contributed by atoms with Crippen molar-refractivity contribution < 1.29 is 17.9 Å². The Kier molecular flexibility index (Phi) is 5.14. The number of anilines is 1. The van der Waals surface area contributed by atoms with Crippen LogP contribution < -0.4 is 9.64 Å². The first-order valence-corrected chi connectivity index (χ1v) is 9.16. The van der Waals surface area contributed by atoms with Crippen molar-refractivity contribution in [3.63, 3.8) is 0 Å². The first-order chi connectivity index (χ1) is 13.9. The van der Waals surface area contributed by atoms with Crippen molar-refractivity contribution in [1.82, 2.24) is 19.9 Å². The zero-order valence-electron chi connectivity index (χ0n) is 15.7. The molecule has 4 rings (SSSR count). The van der Waals surface area contributed by atoms with E-state index in [0.29, 0.717) is 13.2 Å². The van der Waals surface area contributed by atoms with E-state index >= 15 is 0 Å². The van der Waals surface area contributed by atoms with Gasteiger partial charge in [-0.05, 0) is 42.8 Å². The van der Waals surface area contributed by atoms with Gasteiger partial charge in [0.1, 0.15) is 11.6 Å². The Hall–Kier alpha value is -3.07. The molecule has 0 spiro atoms. The summed E-state index contributed by atoms with van der Waals surface area (Å²) in [6, 6.07) is 8.24. The average molecular weight is 403 g/mol. The summed E-state index contributed by atoms with van der Waals surface area (Å²) < 4.78 is 41.0. The number of pyridine rings is 1. The Balaban J connectivity index is 1.46. The molecular weight excluding hydrogens is 383 g/mol. The fourth-order valence-corrected chi connectivity index (χ4v) is 3.51. The molecule has 1 fully saturated rings. The Morgan fingerprint density at radius 1 is 1.17 bits per heavy atom. The van der Waals surface area contributed by atoms with Gasteiger partial charge in [0.25, 0.3) is 0 Å². The maximum absolute atomic E-state index is 12.3. The molecule has 1 aromatic carbocycles. The molecule has 152 valence electrons. The number of ether oxygens (including phenoxy) is 1. The lowest BCUT2D eigenvalue weighted by atomic mass is 10.1. The largest absolute Gasteiger partial charge is 0.573 e. The summed E-state index contributed by atoms with van der Waals surface area (Å²) in [7, 11) is 0. The lowest BCUT2D eigenvalue weighted by molar-refractivity contribution is -0.274. The summed E-state index contributed by atoms with van der Waals surface area (Å²) in [6.45, 7) is 4.29. The highest BCUT2D eigenvalue weighted by molar-refractivity contribution is 5.58. The fraction of sp³-hybridized carbons (Fsp3) is 0.300. The van der Waals surface area contributed by atoms with Crippen LogP contribution in [-0.4, -0.2) is 45.5 Å². The summed E-state index contributed by atoms with van der Waals surface area (Å²) in [6.07, 6.45) is 2.36. The smallest absolute Gasteiger partial charge is 0.406 e. The second-order valence-electron chi connectivity index (χ2n) is 6.97. The molecule has 3 heterocycles. The SMILES string of the molecule is CC1CN(c2ccc(OC(F)(F)F)cc2)CN1Cc1ccncc1-c1ncc[nH]1. The summed E-state index contributed by atoms with van der Waals surface area (Å²) in [5, 5.41) is 0. The fourth-order valence-electron chi connectivity index (χ4n) is 3.51. The normalized spacial score (nSPS) is 17.7. The van der Waals surface area contributed by atoms with Crippen molar-refractivity contribution in [3.05, 3.63) is 60.7 Å². The van der Waals surface area contributed by atoms with E-state index in [9.17, 15) is 13.2 Å². The standard InChI is InChI=1S/C20H20F3N5O/c1-14-11-28(16-2-4-17(5-3-16)29-20(21,22)23)13-27(14)12-15-6-7-24-10-18(15)19-25-8-9-26-19/h2-10,14H,11-13H2,1H3,(H,25,26). The van der Waals surface area contributed by atoms with E-state index in [2.05, 4.69) is 36.4 Å². The topological polar surface area (TPSA) is 57.3 Å². The number of aromatic amines is 1. The monoisotopic (exact) mass is 403 g/mol. The van der Waals surface area contributed by atoms with Crippen LogP contribution in [0.5, 0.6) is 5.75 Å². The predicted molar refractivity (Wildman–Crippen MR) is 102 cm³/mol. The van der Waals surface area contributed by atoms with Gasteiger partial charge in [0.15, 0.2) is 0 Å². The first-order valence-electron chi connectivity index (χ1n) is 9.16. The Labute approximate surface area is 166 Å². The average Bonchev–Trinajstić information content (AvgIpc) is 3.32. The first kappa shape index (κ1) is 19.3. The van der Waals surface area contributed by atoms with E-state index in [-0.39, 0.29) is 11.8 Å². The lowest BCUT2D eigenvalue weighted by Crippen LogP contribution is -2.28. The van der Waals surface area contributed by atoms with Crippen LogP contribution in [0.25, 0.3) is 11.4 Å². The molecule has 0 amide bonds. The highest BCUT2D eigenvalue weighted by atomic mass is 19.4. The zero-order chi connectivity index (χ0) is 20.4. The number of nitrogens with one attached hydrogen (secondary N) is 1. The number of H-pyrrole nitrogens is 1. The van der Waals surface area contributed by atoms with E-state index in [1.54, 1.807) is 36.9 Å². The highest BCUT2D eigenvalue weighted by Gasteiger charge is 2.31. The maximum atomic E-state index is 12.3.